The van der Waals surface area contributed by atoms with Gasteiger partial charge in [0.15, 0.2) is 5.65 Å². The van der Waals surface area contributed by atoms with Crippen molar-refractivity contribution < 1.29 is 0 Å². The van der Waals surface area contributed by atoms with Gasteiger partial charge in [-0.3, -0.25) is 9.88 Å². The van der Waals surface area contributed by atoms with Crippen molar-refractivity contribution in [3.05, 3.63) is 42.3 Å². The molecule has 8 heteroatoms. The Bertz CT molecular complexity index is 1200. The van der Waals surface area contributed by atoms with Crippen molar-refractivity contribution in [1.82, 2.24) is 29.4 Å². The number of hydrogen-bond acceptors (Lipinski definition) is 7. The predicted molar refractivity (Wildman–Crippen MR) is 126 cm³/mol. The maximum absolute atomic E-state index is 4.83. The molecule has 0 spiro atoms. The molecule has 0 aromatic carbocycles. The van der Waals surface area contributed by atoms with Crippen LogP contribution < -0.4 is 4.90 Å². The van der Waals surface area contributed by atoms with Crippen LogP contribution in [0.15, 0.2) is 42.3 Å². The van der Waals surface area contributed by atoms with Gasteiger partial charge in [0, 0.05) is 62.6 Å². The lowest BCUT2D eigenvalue weighted by molar-refractivity contribution is 0.0982. The molecule has 4 aromatic heterocycles. The lowest BCUT2D eigenvalue weighted by Crippen LogP contribution is -2.52. The van der Waals surface area contributed by atoms with Crippen LogP contribution in [0.4, 0.5) is 5.69 Å². The Hall–Kier alpha value is -2.55. The van der Waals surface area contributed by atoms with Gasteiger partial charge in [-0.2, -0.15) is 5.10 Å². The molecule has 7 nitrogen and oxygen atoms in total. The number of likely N-dealkylation sites (N-methyl/N-ethyl adjacent to an activating group) is 1. The lowest BCUT2D eigenvalue weighted by atomic mass is 10.0. The van der Waals surface area contributed by atoms with Crippen LogP contribution in [0.3, 0.4) is 0 Å². The van der Waals surface area contributed by atoms with Gasteiger partial charge in [-0.1, -0.05) is 0 Å². The van der Waals surface area contributed by atoms with E-state index >= 15 is 0 Å². The van der Waals surface area contributed by atoms with E-state index < -0.39 is 0 Å². The first-order chi connectivity index (χ1) is 15.3. The molecule has 2 aliphatic heterocycles. The second-order valence-electron chi connectivity index (χ2n) is 8.69. The first-order valence-electron chi connectivity index (χ1n) is 11.1. The number of anilines is 1. The van der Waals surface area contributed by atoms with E-state index in [1.807, 2.05) is 23.1 Å². The van der Waals surface area contributed by atoms with Gasteiger partial charge in [-0.05, 0) is 37.4 Å². The number of fused-ring (bicyclic) bond motifs is 2. The molecule has 0 radical (unpaired) electrons. The van der Waals surface area contributed by atoms with E-state index in [2.05, 4.69) is 55.5 Å². The Labute approximate surface area is 185 Å². The van der Waals surface area contributed by atoms with Gasteiger partial charge in [0.2, 0.25) is 0 Å². The lowest BCUT2D eigenvalue weighted by Gasteiger charge is -2.42. The minimum atomic E-state index is 0.720. The smallest absolute Gasteiger partial charge is 0.162 e. The summed E-state index contributed by atoms with van der Waals surface area (Å²) in [7, 11) is 2.22. The van der Waals surface area contributed by atoms with Crippen molar-refractivity contribution in [3.63, 3.8) is 0 Å². The zero-order valence-corrected chi connectivity index (χ0v) is 18.6. The van der Waals surface area contributed by atoms with Crippen LogP contribution in [0, 0.1) is 0 Å². The van der Waals surface area contributed by atoms with Gasteiger partial charge in [0.1, 0.15) is 0 Å². The highest BCUT2D eigenvalue weighted by molar-refractivity contribution is 7.17. The summed E-state index contributed by atoms with van der Waals surface area (Å²) in [6, 6.07) is 4.85. The molecule has 2 fully saturated rings. The van der Waals surface area contributed by atoms with E-state index in [-0.39, 0.29) is 0 Å². The minimum Gasteiger partial charge on any atom is -0.369 e. The molecule has 160 valence electrons. The zero-order chi connectivity index (χ0) is 20.8. The Balaban J connectivity index is 1.21. The van der Waals surface area contributed by atoms with Gasteiger partial charge in [-0.15, -0.1) is 11.3 Å². The van der Waals surface area contributed by atoms with E-state index in [4.69, 9.17) is 4.98 Å². The van der Waals surface area contributed by atoms with Gasteiger partial charge < -0.3 is 9.80 Å². The van der Waals surface area contributed by atoms with Crippen LogP contribution in [0.1, 0.15) is 12.8 Å². The molecular weight excluding hydrogens is 406 g/mol. The Kier molecular flexibility index (Phi) is 4.85. The molecule has 31 heavy (non-hydrogen) atoms. The fourth-order valence-corrected chi connectivity index (χ4v) is 5.86. The monoisotopic (exact) mass is 433 g/mol. The molecule has 6 heterocycles. The fourth-order valence-electron chi connectivity index (χ4n) is 4.98. The van der Waals surface area contributed by atoms with Crippen molar-refractivity contribution >= 4 is 32.9 Å². The SMILES string of the molecule is CN1CCN(C2CCN(c3cnc4c(-c5ccnc6ccsc56)cnn4c3)CC2)CC1. The number of aromatic nitrogens is 4. The molecule has 0 saturated carbocycles. The molecule has 0 atom stereocenters. The molecule has 2 saturated heterocycles. The maximum atomic E-state index is 4.83. The first kappa shape index (κ1) is 19.2. The van der Waals surface area contributed by atoms with Crippen molar-refractivity contribution in [2.24, 2.45) is 0 Å². The van der Waals surface area contributed by atoms with Gasteiger partial charge in [0.05, 0.1) is 34.5 Å². The number of hydrogen-bond donors (Lipinski definition) is 0. The highest BCUT2D eigenvalue weighted by Gasteiger charge is 2.27. The molecule has 0 amide bonds. The number of piperazine rings is 1. The van der Waals surface area contributed by atoms with E-state index in [1.54, 1.807) is 11.3 Å². The predicted octanol–water partition coefficient (Wildman–Crippen LogP) is 3.22. The summed E-state index contributed by atoms with van der Waals surface area (Å²) in [5.74, 6) is 0. The highest BCUT2D eigenvalue weighted by atomic mass is 32.1. The van der Waals surface area contributed by atoms with E-state index in [0.29, 0.717) is 0 Å². The Morgan fingerprint density at radius 3 is 2.61 bits per heavy atom. The molecule has 2 aliphatic rings. The topological polar surface area (TPSA) is 52.8 Å². The first-order valence-corrected chi connectivity index (χ1v) is 12.0. The van der Waals surface area contributed by atoms with Crippen LogP contribution in [-0.4, -0.2) is 81.7 Å². The summed E-state index contributed by atoms with van der Waals surface area (Å²) >= 11 is 1.72. The molecule has 0 unspecified atom stereocenters. The summed E-state index contributed by atoms with van der Waals surface area (Å²) < 4.78 is 3.12. The molecule has 0 N–H and O–H groups in total. The number of nitrogens with zero attached hydrogens (tertiary/aromatic N) is 7. The molecule has 4 aromatic rings. The van der Waals surface area contributed by atoms with Crippen LogP contribution in [0.2, 0.25) is 0 Å². The summed E-state index contributed by atoms with van der Waals surface area (Å²) in [5, 5.41) is 6.72. The maximum Gasteiger partial charge on any atom is 0.162 e. The van der Waals surface area contributed by atoms with Crippen molar-refractivity contribution in [2.75, 3.05) is 51.2 Å². The number of rotatable bonds is 3. The number of pyridine rings is 1. The highest BCUT2D eigenvalue weighted by Crippen LogP contribution is 2.33. The normalized spacial score (nSPS) is 19.6. The van der Waals surface area contributed by atoms with E-state index in [0.717, 1.165) is 47.1 Å². The van der Waals surface area contributed by atoms with Gasteiger partial charge >= 0.3 is 0 Å². The third-order valence-corrected chi connectivity index (χ3v) is 7.80. The van der Waals surface area contributed by atoms with E-state index in [9.17, 15) is 0 Å². The van der Waals surface area contributed by atoms with Crippen LogP contribution in [0.25, 0.3) is 27.0 Å². The molecule has 0 aliphatic carbocycles. The quantitative estimate of drug-likeness (QED) is 0.495. The second-order valence-corrected chi connectivity index (χ2v) is 9.61. The zero-order valence-electron chi connectivity index (χ0n) is 17.8. The third-order valence-electron chi connectivity index (χ3n) is 6.86. The Morgan fingerprint density at radius 2 is 1.77 bits per heavy atom. The van der Waals surface area contributed by atoms with Gasteiger partial charge in [0.25, 0.3) is 0 Å². The van der Waals surface area contributed by atoms with Crippen molar-refractivity contribution in [2.45, 2.75) is 18.9 Å². The number of piperidine rings is 1. The summed E-state index contributed by atoms with van der Waals surface area (Å²) in [5.41, 5.74) is 5.31. The molecule has 0 bridgehead atoms. The fraction of sp³-hybridized carbons (Fsp3) is 0.435. The minimum absolute atomic E-state index is 0.720. The van der Waals surface area contributed by atoms with E-state index in [1.165, 1.54) is 43.7 Å². The summed E-state index contributed by atoms with van der Waals surface area (Å²) in [6.07, 6.45) is 10.4. The largest absolute Gasteiger partial charge is 0.369 e. The second kappa shape index (κ2) is 7.85. The van der Waals surface area contributed by atoms with Crippen molar-refractivity contribution in [1.29, 1.82) is 0 Å². The summed E-state index contributed by atoms with van der Waals surface area (Å²) in [6.45, 7) is 6.96. The van der Waals surface area contributed by atoms with Gasteiger partial charge in [-0.25, -0.2) is 9.50 Å². The van der Waals surface area contributed by atoms with Crippen LogP contribution in [0.5, 0.6) is 0 Å². The Morgan fingerprint density at radius 1 is 0.935 bits per heavy atom. The molecular formula is C23H27N7S. The standard InChI is InChI=1S/C23H27N7S/c1-27-9-11-29(12-10-27)17-3-7-28(8-4-17)18-14-25-23-20(15-26-30(23)16-18)19-2-6-24-21-5-13-31-22(19)21/h2,5-6,13-17H,3-4,7-12H2,1H3. The number of thiophene rings is 1. The van der Waals surface area contributed by atoms with Crippen LogP contribution in [-0.2, 0) is 0 Å². The summed E-state index contributed by atoms with van der Waals surface area (Å²) in [4.78, 5) is 16.9. The average molecular weight is 434 g/mol. The van der Waals surface area contributed by atoms with Crippen LogP contribution >= 0.6 is 11.3 Å². The third kappa shape index (κ3) is 3.48. The molecule has 6 rings (SSSR count). The average Bonchev–Trinajstić information content (AvgIpc) is 3.46. The van der Waals surface area contributed by atoms with Crippen molar-refractivity contribution in [3.8, 4) is 11.1 Å².